The molecule has 2 heterocycles. The van der Waals surface area contributed by atoms with Gasteiger partial charge in [-0.3, -0.25) is 9.59 Å². The Balaban J connectivity index is 1.93. The van der Waals surface area contributed by atoms with Gasteiger partial charge >= 0.3 is 5.97 Å². The zero-order valence-corrected chi connectivity index (χ0v) is 11.3. The number of aliphatic carboxylic acids is 1. The van der Waals surface area contributed by atoms with Crippen molar-refractivity contribution in [2.24, 2.45) is 5.92 Å². The van der Waals surface area contributed by atoms with Crippen molar-refractivity contribution >= 4 is 11.9 Å². The highest BCUT2D eigenvalue weighted by molar-refractivity contribution is 5.79. The third-order valence-corrected chi connectivity index (χ3v) is 4.17. The summed E-state index contributed by atoms with van der Waals surface area (Å²) in [7, 11) is 0. The molecule has 2 rings (SSSR count). The number of rotatable bonds is 4. The Morgan fingerprint density at radius 2 is 1.89 bits per heavy atom. The van der Waals surface area contributed by atoms with E-state index in [1.165, 1.54) is 0 Å². The molecule has 0 aromatic carbocycles. The van der Waals surface area contributed by atoms with E-state index in [9.17, 15) is 9.59 Å². The number of amides is 1. The van der Waals surface area contributed by atoms with Crippen LogP contribution >= 0.6 is 0 Å². The molecule has 0 aliphatic carbocycles. The van der Waals surface area contributed by atoms with Gasteiger partial charge in [-0.2, -0.15) is 0 Å². The van der Waals surface area contributed by atoms with Crippen LogP contribution in [0.15, 0.2) is 0 Å². The van der Waals surface area contributed by atoms with Gasteiger partial charge in [0.2, 0.25) is 5.91 Å². The first kappa shape index (κ1) is 14.3. The summed E-state index contributed by atoms with van der Waals surface area (Å²) in [6.07, 6.45) is 5.44. The number of likely N-dealkylation sites (tertiary alicyclic amines) is 1. The molecule has 1 atom stereocenters. The summed E-state index contributed by atoms with van der Waals surface area (Å²) in [4.78, 5) is 25.2. The van der Waals surface area contributed by atoms with Gasteiger partial charge < -0.3 is 14.7 Å². The Bertz CT molecular complexity index is 325. The molecule has 0 bridgehead atoms. The maximum atomic E-state index is 12.5. The van der Waals surface area contributed by atoms with Crippen LogP contribution in [0.25, 0.3) is 0 Å². The summed E-state index contributed by atoms with van der Waals surface area (Å²) < 4.78 is 5.29. The van der Waals surface area contributed by atoms with Crippen molar-refractivity contribution in [2.75, 3.05) is 19.8 Å². The van der Waals surface area contributed by atoms with Gasteiger partial charge in [0.1, 0.15) is 0 Å². The van der Waals surface area contributed by atoms with Gasteiger partial charge in [-0.1, -0.05) is 0 Å². The average molecular weight is 269 g/mol. The summed E-state index contributed by atoms with van der Waals surface area (Å²) in [6.45, 7) is 2.13. The van der Waals surface area contributed by atoms with Gasteiger partial charge in [0.15, 0.2) is 0 Å². The number of carboxylic acid groups (broad SMARTS) is 1. The smallest absolute Gasteiger partial charge is 0.303 e. The van der Waals surface area contributed by atoms with E-state index in [4.69, 9.17) is 9.84 Å². The molecule has 1 N–H and O–H groups in total. The van der Waals surface area contributed by atoms with E-state index in [0.717, 1.165) is 38.6 Å². The van der Waals surface area contributed by atoms with Crippen LogP contribution in [0.3, 0.4) is 0 Å². The van der Waals surface area contributed by atoms with Crippen LogP contribution in [-0.2, 0) is 14.3 Å². The van der Waals surface area contributed by atoms with Gasteiger partial charge in [-0.25, -0.2) is 0 Å². The van der Waals surface area contributed by atoms with Crippen molar-refractivity contribution in [3.63, 3.8) is 0 Å². The van der Waals surface area contributed by atoms with Crippen molar-refractivity contribution in [1.82, 2.24) is 4.90 Å². The van der Waals surface area contributed by atoms with Crippen molar-refractivity contribution in [3.05, 3.63) is 0 Å². The fraction of sp³-hybridized carbons (Fsp3) is 0.857. The number of carbonyl (C=O) groups excluding carboxylic acids is 1. The SMILES string of the molecule is O=C(O)CC[C@H]1CCCCN1C(=O)C1CCOCC1. The van der Waals surface area contributed by atoms with Crippen LogP contribution in [0.1, 0.15) is 44.9 Å². The Kier molecular flexibility index (Phi) is 5.19. The Morgan fingerprint density at radius 3 is 2.58 bits per heavy atom. The monoisotopic (exact) mass is 269 g/mol. The van der Waals surface area contributed by atoms with Gasteiger partial charge in [0, 0.05) is 38.1 Å². The summed E-state index contributed by atoms with van der Waals surface area (Å²) in [6, 6.07) is 0.125. The molecule has 0 radical (unpaired) electrons. The van der Waals surface area contributed by atoms with Crippen LogP contribution in [0.4, 0.5) is 0 Å². The minimum atomic E-state index is -0.774. The molecule has 2 saturated heterocycles. The lowest BCUT2D eigenvalue weighted by Crippen LogP contribution is -2.47. The molecule has 2 aliphatic rings. The van der Waals surface area contributed by atoms with Gasteiger partial charge in [-0.05, 0) is 38.5 Å². The van der Waals surface area contributed by atoms with Crippen LogP contribution in [0.5, 0.6) is 0 Å². The molecule has 0 spiro atoms. The van der Waals surface area contributed by atoms with Gasteiger partial charge in [-0.15, -0.1) is 0 Å². The van der Waals surface area contributed by atoms with Gasteiger partial charge in [0.05, 0.1) is 0 Å². The lowest BCUT2D eigenvalue weighted by Gasteiger charge is -2.38. The number of piperidine rings is 1. The highest BCUT2D eigenvalue weighted by Gasteiger charge is 2.32. The fourth-order valence-electron chi connectivity index (χ4n) is 3.06. The predicted octanol–water partition coefficient (Wildman–Crippen LogP) is 1.66. The molecule has 0 aromatic rings. The standard InChI is InChI=1S/C14H23NO4/c16-13(17)5-4-12-3-1-2-8-15(12)14(18)11-6-9-19-10-7-11/h11-12H,1-10H2,(H,16,17)/t12-/m1/s1. The highest BCUT2D eigenvalue weighted by Crippen LogP contribution is 2.26. The number of carboxylic acids is 1. The lowest BCUT2D eigenvalue weighted by molar-refractivity contribution is -0.144. The van der Waals surface area contributed by atoms with Crippen LogP contribution in [-0.4, -0.2) is 47.7 Å². The normalized spacial score (nSPS) is 25.3. The van der Waals surface area contributed by atoms with E-state index >= 15 is 0 Å². The van der Waals surface area contributed by atoms with E-state index in [0.29, 0.717) is 19.6 Å². The molecule has 2 fully saturated rings. The Morgan fingerprint density at radius 1 is 1.16 bits per heavy atom. The fourth-order valence-corrected chi connectivity index (χ4v) is 3.06. The number of hydrogen-bond acceptors (Lipinski definition) is 3. The quantitative estimate of drug-likeness (QED) is 0.843. The minimum absolute atomic E-state index is 0.0826. The summed E-state index contributed by atoms with van der Waals surface area (Å²) >= 11 is 0. The third-order valence-electron chi connectivity index (χ3n) is 4.17. The van der Waals surface area contributed by atoms with E-state index in [-0.39, 0.29) is 24.3 Å². The van der Waals surface area contributed by atoms with E-state index < -0.39 is 5.97 Å². The first-order valence-electron chi connectivity index (χ1n) is 7.28. The maximum Gasteiger partial charge on any atom is 0.303 e. The van der Waals surface area contributed by atoms with Gasteiger partial charge in [0.25, 0.3) is 0 Å². The highest BCUT2D eigenvalue weighted by atomic mass is 16.5. The molecule has 0 aromatic heterocycles. The summed E-state index contributed by atoms with van der Waals surface area (Å²) in [5.74, 6) is -0.471. The number of carbonyl (C=O) groups is 2. The molecule has 108 valence electrons. The van der Waals surface area contributed by atoms with Crippen molar-refractivity contribution < 1.29 is 19.4 Å². The van der Waals surface area contributed by atoms with E-state index in [2.05, 4.69) is 0 Å². The molecular formula is C14H23NO4. The largest absolute Gasteiger partial charge is 0.481 e. The third kappa shape index (κ3) is 3.93. The second kappa shape index (κ2) is 6.89. The molecule has 5 heteroatoms. The van der Waals surface area contributed by atoms with Crippen molar-refractivity contribution in [2.45, 2.75) is 51.0 Å². The Hall–Kier alpha value is -1.10. The van der Waals surface area contributed by atoms with Crippen LogP contribution < -0.4 is 0 Å². The maximum absolute atomic E-state index is 12.5. The molecular weight excluding hydrogens is 246 g/mol. The zero-order valence-electron chi connectivity index (χ0n) is 11.3. The molecule has 2 aliphatic heterocycles. The first-order chi connectivity index (χ1) is 9.18. The van der Waals surface area contributed by atoms with Crippen LogP contribution in [0, 0.1) is 5.92 Å². The predicted molar refractivity (Wildman–Crippen MR) is 69.8 cm³/mol. The number of ether oxygens (including phenoxy) is 1. The summed E-state index contributed by atoms with van der Waals surface area (Å²) in [5, 5.41) is 8.80. The molecule has 0 saturated carbocycles. The molecule has 1 amide bonds. The second-order valence-electron chi connectivity index (χ2n) is 5.50. The Labute approximate surface area is 113 Å². The van der Waals surface area contributed by atoms with Crippen molar-refractivity contribution in [3.8, 4) is 0 Å². The minimum Gasteiger partial charge on any atom is -0.481 e. The lowest BCUT2D eigenvalue weighted by atomic mass is 9.93. The number of hydrogen-bond donors (Lipinski definition) is 1. The molecule has 5 nitrogen and oxygen atoms in total. The van der Waals surface area contributed by atoms with E-state index in [1.807, 2.05) is 4.90 Å². The van der Waals surface area contributed by atoms with Crippen molar-refractivity contribution in [1.29, 1.82) is 0 Å². The first-order valence-corrected chi connectivity index (χ1v) is 7.28. The average Bonchev–Trinajstić information content (AvgIpc) is 2.45. The molecule has 0 unspecified atom stereocenters. The van der Waals surface area contributed by atoms with Crippen LogP contribution in [0.2, 0.25) is 0 Å². The summed E-state index contributed by atoms with van der Waals surface area (Å²) in [5.41, 5.74) is 0. The number of nitrogens with zero attached hydrogens (tertiary/aromatic N) is 1. The zero-order chi connectivity index (χ0) is 13.7. The molecule has 19 heavy (non-hydrogen) atoms. The topological polar surface area (TPSA) is 66.8 Å². The van der Waals surface area contributed by atoms with E-state index in [1.54, 1.807) is 0 Å². The second-order valence-corrected chi connectivity index (χ2v) is 5.50.